The molecule has 16 aromatic rings. The summed E-state index contributed by atoms with van der Waals surface area (Å²) in [7, 11) is 0. The molecule has 2 heterocycles. The van der Waals surface area contributed by atoms with E-state index < -0.39 is 10.8 Å². The molecule has 14 aromatic carbocycles. The number of aromatic nitrogens is 2. The summed E-state index contributed by atoms with van der Waals surface area (Å²) in [6, 6.07) is 115. The molecule has 416 valence electrons. The molecule has 2 spiro atoms. The van der Waals surface area contributed by atoms with Crippen molar-refractivity contribution in [2.24, 2.45) is 0 Å². The normalized spacial score (nSPS) is 13.5. The van der Waals surface area contributed by atoms with E-state index in [1.54, 1.807) is 0 Å². The first-order valence-corrected chi connectivity index (χ1v) is 31.3. The molecule has 20 rings (SSSR count). The first-order valence-electron chi connectivity index (χ1n) is 31.3. The zero-order valence-corrected chi connectivity index (χ0v) is 49.1. The van der Waals surface area contributed by atoms with E-state index in [0.29, 0.717) is 0 Å². The van der Waals surface area contributed by atoms with Crippen molar-refractivity contribution in [3.8, 4) is 89.1 Å². The molecule has 4 aliphatic carbocycles. The van der Waals surface area contributed by atoms with Crippen LogP contribution in [0.2, 0.25) is 0 Å². The molecule has 2 heteroatoms. The average molecular weight is 1140 g/mol. The maximum atomic E-state index is 4.59. The highest BCUT2D eigenvalue weighted by Crippen LogP contribution is 2.68. The van der Waals surface area contributed by atoms with E-state index in [2.05, 4.69) is 307 Å². The summed E-state index contributed by atoms with van der Waals surface area (Å²) in [5, 5.41) is 10.4. The zero-order chi connectivity index (χ0) is 59.1. The number of fused-ring (bicyclic) bond motifs is 28. The summed E-state index contributed by atoms with van der Waals surface area (Å²) in [4.78, 5) is 8.79. The second kappa shape index (κ2) is 19.5. The van der Waals surface area contributed by atoms with E-state index in [-0.39, 0.29) is 0 Å². The Morgan fingerprint density at radius 2 is 0.567 bits per heavy atom. The summed E-state index contributed by atoms with van der Waals surface area (Å²) in [6.07, 6.45) is 5.57. The van der Waals surface area contributed by atoms with Gasteiger partial charge in [0.2, 0.25) is 0 Å². The molecule has 0 radical (unpaired) electrons. The number of benzene rings is 14. The molecular weight excluding hydrogens is 1080 g/mol. The summed E-state index contributed by atoms with van der Waals surface area (Å²) in [5.74, 6) is 0. The van der Waals surface area contributed by atoms with Gasteiger partial charge in [0.25, 0.3) is 0 Å². The third kappa shape index (κ3) is 6.93. The Labute approximate surface area is 522 Å². The lowest BCUT2D eigenvalue weighted by molar-refractivity contribution is 0.802. The number of pyridine rings is 2. The molecule has 0 aliphatic heterocycles. The van der Waals surface area contributed by atoms with E-state index in [4.69, 9.17) is 0 Å². The second-order valence-corrected chi connectivity index (χ2v) is 24.5. The molecule has 4 aliphatic rings. The first-order chi connectivity index (χ1) is 44.7. The van der Waals surface area contributed by atoms with Gasteiger partial charge in [-0.05, 0) is 202 Å². The van der Waals surface area contributed by atoms with Gasteiger partial charge in [0.1, 0.15) is 0 Å². The molecule has 0 unspecified atom stereocenters. The van der Waals surface area contributed by atoms with Crippen molar-refractivity contribution in [2.45, 2.75) is 10.8 Å². The largest absolute Gasteiger partial charge is 0.265 e. The molecule has 0 saturated carbocycles. The lowest BCUT2D eigenvalue weighted by Crippen LogP contribution is -2.26. The van der Waals surface area contributed by atoms with Crippen LogP contribution < -0.4 is 0 Å². The maximum Gasteiger partial charge on any atom is 0.0731 e. The highest BCUT2D eigenvalue weighted by Gasteiger charge is 2.55. The summed E-state index contributed by atoms with van der Waals surface area (Å²) >= 11 is 0. The van der Waals surface area contributed by atoms with Crippen molar-refractivity contribution in [3.63, 3.8) is 0 Å². The minimum atomic E-state index is -0.425. The Balaban J connectivity index is 0.000000130. The van der Waals surface area contributed by atoms with Crippen LogP contribution in [0.3, 0.4) is 0 Å². The third-order valence-corrected chi connectivity index (χ3v) is 20.3. The minimum Gasteiger partial charge on any atom is -0.265 e. The molecule has 0 amide bonds. The lowest BCUT2D eigenvalue weighted by Gasteiger charge is -2.32. The lowest BCUT2D eigenvalue weighted by atomic mass is 9.69. The summed E-state index contributed by atoms with van der Waals surface area (Å²) in [6.45, 7) is 0. The fourth-order valence-corrected chi connectivity index (χ4v) is 16.8. The number of nitrogens with zero attached hydrogens (tertiary/aromatic N) is 2. The number of hydrogen-bond donors (Lipinski definition) is 0. The van der Waals surface area contributed by atoms with Gasteiger partial charge in [-0.2, -0.15) is 0 Å². The standard InChI is InChI=1S/2C44H27N/c1-2-12-31-28(11-1)24-25-36-42-35-16-4-3-13-32(35)37(29-20-22-30(23-21-29)41-19-9-10-26-45-41)27-40(42)44(43(31)36)38-17-7-5-14-33(38)34-15-6-8-18-39(34)44;1-2-10-32-30(9-1)21-22-37-42-36-14-4-3-11-33(36)38(31-19-17-28(18-20-31)29-23-25-45-26-24-29)27-41(42)44(43(32)37)39-15-7-5-12-34(39)35-13-6-8-16-40(35)44/h2*1-27H. The molecule has 2 aromatic heterocycles. The Morgan fingerprint density at radius 1 is 0.211 bits per heavy atom. The SMILES string of the molecule is c1ccc(-c2ccc(-c3cc4c(c5ccccc35)-c3ccc5ccccc5c3C43c4ccccc4-c4ccccc43)cc2)nc1.c1ccc2c(c1)-c1ccccc1C21c2cc(-c3ccc(-c4ccncc4)cc3)c3ccccc3c2-c2ccc3ccccc3c21. The van der Waals surface area contributed by atoms with Gasteiger partial charge in [-0.25, -0.2) is 0 Å². The fourth-order valence-electron chi connectivity index (χ4n) is 16.8. The predicted molar refractivity (Wildman–Crippen MR) is 373 cm³/mol. The topological polar surface area (TPSA) is 25.8 Å². The van der Waals surface area contributed by atoms with E-state index in [1.807, 2.05) is 30.7 Å². The van der Waals surface area contributed by atoms with E-state index in [1.165, 1.54) is 165 Å². The molecule has 0 saturated heterocycles. The molecule has 0 atom stereocenters. The van der Waals surface area contributed by atoms with Gasteiger partial charge in [0.15, 0.2) is 0 Å². The fraction of sp³-hybridized carbons (Fsp3) is 0.0227. The van der Waals surface area contributed by atoms with Crippen molar-refractivity contribution in [1.82, 2.24) is 9.97 Å². The monoisotopic (exact) mass is 1140 g/mol. The van der Waals surface area contributed by atoms with Crippen LogP contribution in [-0.4, -0.2) is 9.97 Å². The Kier molecular flexibility index (Phi) is 10.9. The Bertz CT molecular complexity index is 5200. The molecule has 90 heavy (non-hydrogen) atoms. The molecular formula is C88H54N2. The highest BCUT2D eigenvalue weighted by molar-refractivity contribution is 6.16. The van der Waals surface area contributed by atoms with Crippen molar-refractivity contribution in [3.05, 3.63) is 372 Å². The van der Waals surface area contributed by atoms with Gasteiger partial charge >= 0.3 is 0 Å². The van der Waals surface area contributed by atoms with E-state index in [0.717, 1.165) is 11.3 Å². The van der Waals surface area contributed by atoms with E-state index >= 15 is 0 Å². The van der Waals surface area contributed by atoms with Gasteiger partial charge < -0.3 is 0 Å². The quantitative estimate of drug-likeness (QED) is 0.176. The van der Waals surface area contributed by atoms with Gasteiger partial charge in [0.05, 0.1) is 16.5 Å². The van der Waals surface area contributed by atoms with Gasteiger partial charge in [-0.1, -0.05) is 273 Å². The van der Waals surface area contributed by atoms with Crippen molar-refractivity contribution in [2.75, 3.05) is 0 Å². The van der Waals surface area contributed by atoms with Crippen molar-refractivity contribution < 1.29 is 0 Å². The smallest absolute Gasteiger partial charge is 0.0731 e. The van der Waals surface area contributed by atoms with Crippen LogP contribution in [0.25, 0.3) is 132 Å². The van der Waals surface area contributed by atoms with Crippen LogP contribution in [0.1, 0.15) is 44.5 Å². The van der Waals surface area contributed by atoms with Gasteiger partial charge in [0, 0.05) is 24.2 Å². The minimum absolute atomic E-state index is 0.422. The second-order valence-electron chi connectivity index (χ2n) is 24.5. The predicted octanol–water partition coefficient (Wildman–Crippen LogP) is 22.1. The van der Waals surface area contributed by atoms with Gasteiger partial charge in [-0.3, -0.25) is 9.97 Å². The van der Waals surface area contributed by atoms with Crippen LogP contribution in [-0.2, 0) is 10.8 Å². The van der Waals surface area contributed by atoms with Crippen LogP contribution in [0.4, 0.5) is 0 Å². The number of hydrogen-bond acceptors (Lipinski definition) is 2. The van der Waals surface area contributed by atoms with Crippen LogP contribution in [0, 0.1) is 0 Å². The van der Waals surface area contributed by atoms with Crippen molar-refractivity contribution >= 4 is 43.1 Å². The Morgan fingerprint density at radius 3 is 1.00 bits per heavy atom. The molecule has 2 nitrogen and oxygen atoms in total. The molecule has 0 N–H and O–H groups in total. The summed E-state index contributed by atoms with van der Waals surface area (Å²) < 4.78 is 0. The van der Waals surface area contributed by atoms with Crippen molar-refractivity contribution in [1.29, 1.82) is 0 Å². The van der Waals surface area contributed by atoms with Gasteiger partial charge in [-0.15, -0.1) is 0 Å². The first kappa shape index (κ1) is 50.6. The van der Waals surface area contributed by atoms with E-state index in [9.17, 15) is 0 Å². The van der Waals surface area contributed by atoms with Crippen LogP contribution >= 0.6 is 0 Å². The summed E-state index contributed by atoms with van der Waals surface area (Å²) in [5.41, 5.74) is 30.3. The highest BCUT2D eigenvalue weighted by atomic mass is 14.7. The van der Waals surface area contributed by atoms with Crippen LogP contribution in [0.5, 0.6) is 0 Å². The molecule has 0 bridgehead atoms. The Hall–Kier alpha value is -11.6. The zero-order valence-electron chi connectivity index (χ0n) is 49.1. The number of rotatable bonds is 4. The third-order valence-electron chi connectivity index (χ3n) is 20.3. The maximum absolute atomic E-state index is 4.59. The van der Waals surface area contributed by atoms with Crippen LogP contribution in [0.15, 0.2) is 328 Å². The average Bonchev–Trinajstić information content (AvgIpc) is 1.51. The molecule has 0 fully saturated rings.